The summed E-state index contributed by atoms with van der Waals surface area (Å²) in [5.74, 6) is -0.605. The number of nitrogens with zero attached hydrogens (tertiary/aromatic N) is 2. The molecule has 0 saturated carbocycles. The van der Waals surface area contributed by atoms with Crippen molar-refractivity contribution in [1.29, 1.82) is 0 Å². The molecule has 0 amide bonds. The Kier molecular flexibility index (Phi) is 5.25. The summed E-state index contributed by atoms with van der Waals surface area (Å²) in [5.41, 5.74) is 1.61. The van der Waals surface area contributed by atoms with Crippen LogP contribution in [0.4, 0.5) is 10.1 Å². The summed E-state index contributed by atoms with van der Waals surface area (Å²) in [6, 6.07) is 13.7. The summed E-state index contributed by atoms with van der Waals surface area (Å²) in [4.78, 5) is 3.96. The minimum Gasteiger partial charge on any atom is -0.264 e. The average molecular weight is 391 g/mol. The van der Waals surface area contributed by atoms with Gasteiger partial charge in [0.1, 0.15) is 5.82 Å². The maximum absolute atomic E-state index is 13.7. The van der Waals surface area contributed by atoms with E-state index in [1.54, 1.807) is 55.7 Å². The SMILES string of the molecule is Cc1ccc(F)cc1S(=O)(=O)N(Cc1cccnc1)c1ccc(Cl)cc1. The van der Waals surface area contributed by atoms with Crippen molar-refractivity contribution >= 4 is 27.3 Å². The number of benzene rings is 2. The second kappa shape index (κ2) is 7.43. The fourth-order valence-corrected chi connectivity index (χ4v) is 4.37. The number of aromatic nitrogens is 1. The summed E-state index contributed by atoms with van der Waals surface area (Å²) >= 11 is 5.93. The highest BCUT2D eigenvalue weighted by Gasteiger charge is 2.27. The Balaban J connectivity index is 2.12. The van der Waals surface area contributed by atoms with E-state index in [2.05, 4.69) is 4.98 Å². The quantitative estimate of drug-likeness (QED) is 0.640. The number of anilines is 1. The monoisotopic (exact) mass is 390 g/mol. The highest BCUT2D eigenvalue weighted by molar-refractivity contribution is 7.92. The van der Waals surface area contributed by atoms with Crippen molar-refractivity contribution in [2.45, 2.75) is 18.4 Å². The van der Waals surface area contributed by atoms with Gasteiger partial charge in [-0.15, -0.1) is 0 Å². The van der Waals surface area contributed by atoms with Crippen molar-refractivity contribution in [3.05, 3.63) is 89.0 Å². The first kappa shape index (κ1) is 18.4. The van der Waals surface area contributed by atoms with Crippen LogP contribution in [0.1, 0.15) is 11.1 Å². The van der Waals surface area contributed by atoms with E-state index in [0.717, 1.165) is 6.07 Å². The van der Waals surface area contributed by atoms with Gasteiger partial charge < -0.3 is 0 Å². The number of hydrogen-bond acceptors (Lipinski definition) is 3. The minimum absolute atomic E-state index is 0.0633. The molecule has 134 valence electrons. The lowest BCUT2D eigenvalue weighted by Gasteiger charge is -2.25. The molecule has 0 unspecified atom stereocenters. The number of sulfonamides is 1. The molecular weight excluding hydrogens is 375 g/mol. The molecule has 0 aliphatic rings. The summed E-state index contributed by atoms with van der Waals surface area (Å²) < 4.78 is 41.5. The first-order valence-electron chi connectivity index (χ1n) is 7.81. The standard InChI is InChI=1S/C19H16ClFN2O2S/c1-14-4-7-17(21)11-19(14)26(24,25)23(13-15-3-2-10-22-12-15)18-8-5-16(20)6-9-18/h2-12H,13H2,1H3. The van der Waals surface area contributed by atoms with E-state index in [-0.39, 0.29) is 11.4 Å². The van der Waals surface area contributed by atoms with Gasteiger partial charge in [0.2, 0.25) is 0 Å². The summed E-state index contributed by atoms with van der Waals surface area (Å²) in [6.07, 6.45) is 3.21. The van der Waals surface area contributed by atoms with Crippen molar-refractivity contribution in [3.8, 4) is 0 Å². The van der Waals surface area contributed by atoms with Crippen LogP contribution >= 0.6 is 11.6 Å². The molecule has 0 bridgehead atoms. The topological polar surface area (TPSA) is 50.3 Å². The predicted octanol–water partition coefficient (Wildman–Crippen LogP) is 4.58. The van der Waals surface area contributed by atoms with Crippen molar-refractivity contribution in [2.24, 2.45) is 0 Å². The Labute approximate surface area is 156 Å². The Morgan fingerprint density at radius 2 is 1.85 bits per heavy atom. The molecule has 26 heavy (non-hydrogen) atoms. The van der Waals surface area contributed by atoms with Crippen LogP contribution in [-0.2, 0) is 16.6 Å². The Hall–Kier alpha value is -2.44. The van der Waals surface area contributed by atoms with E-state index >= 15 is 0 Å². The lowest BCUT2D eigenvalue weighted by Crippen LogP contribution is -2.31. The third kappa shape index (κ3) is 3.86. The van der Waals surface area contributed by atoms with Gasteiger partial charge in [-0.2, -0.15) is 0 Å². The summed E-state index contributed by atoms with van der Waals surface area (Å²) in [7, 11) is -4.00. The largest absolute Gasteiger partial charge is 0.264 e. The maximum atomic E-state index is 13.7. The van der Waals surface area contributed by atoms with Crippen molar-refractivity contribution < 1.29 is 12.8 Å². The second-order valence-corrected chi connectivity index (χ2v) is 8.03. The molecular formula is C19H16ClFN2O2S. The van der Waals surface area contributed by atoms with E-state index in [4.69, 9.17) is 11.6 Å². The molecule has 3 rings (SSSR count). The molecule has 0 N–H and O–H groups in total. The summed E-state index contributed by atoms with van der Waals surface area (Å²) in [6.45, 7) is 1.70. The third-order valence-corrected chi connectivity index (χ3v) is 6.05. The number of hydrogen-bond donors (Lipinski definition) is 0. The Morgan fingerprint density at radius 3 is 2.50 bits per heavy atom. The van der Waals surface area contributed by atoms with Crippen LogP contribution in [0.15, 0.2) is 71.9 Å². The maximum Gasteiger partial charge on any atom is 0.264 e. The van der Waals surface area contributed by atoms with Crippen LogP contribution in [0.5, 0.6) is 0 Å². The van der Waals surface area contributed by atoms with E-state index in [0.29, 0.717) is 21.8 Å². The van der Waals surface area contributed by atoms with E-state index in [1.165, 1.54) is 16.4 Å². The van der Waals surface area contributed by atoms with Gasteiger partial charge in [0.25, 0.3) is 10.0 Å². The first-order valence-corrected chi connectivity index (χ1v) is 9.63. The van der Waals surface area contributed by atoms with E-state index in [1.807, 2.05) is 0 Å². The van der Waals surface area contributed by atoms with Crippen LogP contribution in [0.25, 0.3) is 0 Å². The Morgan fingerprint density at radius 1 is 1.12 bits per heavy atom. The molecule has 4 nitrogen and oxygen atoms in total. The molecule has 0 spiro atoms. The predicted molar refractivity (Wildman–Crippen MR) is 100 cm³/mol. The molecule has 0 atom stereocenters. The van der Waals surface area contributed by atoms with Gasteiger partial charge in [-0.05, 0) is 60.5 Å². The highest BCUT2D eigenvalue weighted by Crippen LogP contribution is 2.29. The van der Waals surface area contributed by atoms with Gasteiger partial charge in [-0.3, -0.25) is 9.29 Å². The average Bonchev–Trinajstić information content (AvgIpc) is 2.63. The van der Waals surface area contributed by atoms with Crippen LogP contribution < -0.4 is 4.31 Å². The molecule has 1 aromatic heterocycles. The molecule has 0 fully saturated rings. The van der Waals surface area contributed by atoms with Gasteiger partial charge in [0, 0.05) is 17.4 Å². The fourth-order valence-electron chi connectivity index (χ4n) is 2.55. The van der Waals surface area contributed by atoms with Gasteiger partial charge in [0.05, 0.1) is 17.1 Å². The molecule has 0 saturated heterocycles. The lowest BCUT2D eigenvalue weighted by atomic mass is 10.2. The molecule has 1 heterocycles. The molecule has 0 radical (unpaired) electrons. The molecule has 7 heteroatoms. The van der Waals surface area contributed by atoms with Crippen LogP contribution in [-0.4, -0.2) is 13.4 Å². The zero-order valence-corrected chi connectivity index (χ0v) is 15.5. The smallest absolute Gasteiger partial charge is 0.264 e. The van der Waals surface area contributed by atoms with E-state index in [9.17, 15) is 12.8 Å². The van der Waals surface area contributed by atoms with Gasteiger partial charge >= 0.3 is 0 Å². The number of pyridine rings is 1. The highest BCUT2D eigenvalue weighted by atomic mass is 35.5. The van der Waals surface area contributed by atoms with Crippen molar-refractivity contribution in [3.63, 3.8) is 0 Å². The fraction of sp³-hybridized carbons (Fsp3) is 0.105. The minimum atomic E-state index is -4.00. The van der Waals surface area contributed by atoms with Gasteiger partial charge in [-0.1, -0.05) is 23.7 Å². The van der Waals surface area contributed by atoms with Crippen LogP contribution in [0.3, 0.4) is 0 Å². The second-order valence-electron chi connectivity index (χ2n) is 5.76. The van der Waals surface area contributed by atoms with Crippen molar-refractivity contribution in [1.82, 2.24) is 4.98 Å². The normalized spacial score (nSPS) is 11.3. The van der Waals surface area contributed by atoms with Crippen LogP contribution in [0, 0.1) is 12.7 Å². The number of halogens is 2. The van der Waals surface area contributed by atoms with E-state index < -0.39 is 15.8 Å². The molecule has 3 aromatic rings. The molecule has 2 aromatic carbocycles. The van der Waals surface area contributed by atoms with Crippen LogP contribution in [0.2, 0.25) is 5.02 Å². The third-order valence-electron chi connectivity index (χ3n) is 3.88. The zero-order valence-electron chi connectivity index (χ0n) is 13.9. The molecule has 0 aliphatic carbocycles. The van der Waals surface area contributed by atoms with Crippen molar-refractivity contribution in [2.75, 3.05) is 4.31 Å². The first-order chi connectivity index (χ1) is 12.4. The number of rotatable bonds is 5. The zero-order chi connectivity index (χ0) is 18.7. The molecule has 0 aliphatic heterocycles. The Bertz CT molecular complexity index is 1010. The number of aryl methyl sites for hydroxylation is 1. The summed E-state index contributed by atoms with van der Waals surface area (Å²) in [5, 5.41) is 0.495. The van der Waals surface area contributed by atoms with Gasteiger partial charge in [-0.25, -0.2) is 12.8 Å². The van der Waals surface area contributed by atoms with Gasteiger partial charge in [0.15, 0.2) is 0 Å². The lowest BCUT2D eigenvalue weighted by molar-refractivity contribution is 0.584.